The van der Waals surface area contributed by atoms with Crippen LogP contribution in [0.3, 0.4) is 0 Å². The Kier molecular flexibility index (Phi) is 17.8. The SMILES string of the molecule is Cc1c(C)c(C)c(-c2c(C)c(C)c(C3C(C)C(C)C(C)C(C)C3C)c(C)c2C)c(C)c1C.Cc1c(C)c(C)c(-c2c(C)c(C)c(C3C(C)C(C)C(C4C(C)C(C)C(C)C(C)C4C)C(C)C3C)c(C)c2C)c(C)c1C. The van der Waals surface area contributed by atoms with Crippen LogP contribution < -0.4 is 0 Å². The van der Waals surface area contributed by atoms with Crippen molar-refractivity contribution in [2.75, 3.05) is 0 Å². The molecule has 0 saturated heterocycles. The van der Waals surface area contributed by atoms with Gasteiger partial charge in [0.05, 0.1) is 0 Å². The maximum absolute atomic E-state index is 2.64. The summed E-state index contributed by atoms with van der Waals surface area (Å²) in [5, 5.41) is 0. The van der Waals surface area contributed by atoms with Crippen LogP contribution in [0, 0.1) is 219 Å². The predicted molar refractivity (Wildman–Crippen MR) is 330 cm³/mol. The van der Waals surface area contributed by atoms with E-state index in [0.717, 1.165) is 71.0 Å². The highest BCUT2D eigenvalue weighted by Crippen LogP contribution is 2.60. The molecule has 3 aliphatic rings. The van der Waals surface area contributed by atoms with Crippen molar-refractivity contribution in [1.82, 2.24) is 0 Å². The number of benzene rings is 4. The summed E-state index contributed by atoms with van der Waals surface area (Å²) in [5.41, 5.74) is 36.1. The lowest BCUT2D eigenvalue weighted by Crippen LogP contribution is -2.52. The molecule has 410 valence electrons. The Morgan fingerprint density at radius 3 is 0.500 bits per heavy atom. The van der Waals surface area contributed by atoms with E-state index in [1.54, 1.807) is 22.3 Å². The van der Waals surface area contributed by atoms with E-state index < -0.39 is 0 Å². The quantitative estimate of drug-likeness (QED) is 0.187. The van der Waals surface area contributed by atoms with Gasteiger partial charge in [0.2, 0.25) is 0 Å². The van der Waals surface area contributed by atoms with Crippen LogP contribution in [0.15, 0.2) is 0 Å². The number of hydrogen-bond acceptors (Lipinski definition) is 0. The zero-order valence-corrected chi connectivity index (χ0v) is 54.4. The van der Waals surface area contributed by atoms with Gasteiger partial charge in [-0.3, -0.25) is 0 Å². The smallest absolute Gasteiger partial charge is 0.00998 e. The maximum atomic E-state index is 2.64. The van der Waals surface area contributed by atoms with Crippen LogP contribution in [-0.2, 0) is 0 Å². The van der Waals surface area contributed by atoms with Crippen LogP contribution in [0.25, 0.3) is 22.3 Å². The molecule has 0 bridgehead atoms. The molecule has 0 spiro atoms. The lowest BCUT2D eigenvalue weighted by atomic mass is 9.47. The molecule has 12 atom stereocenters. The summed E-state index contributed by atoms with van der Waals surface area (Å²) < 4.78 is 0. The minimum absolute atomic E-state index is 0.615. The normalized spacial score (nSPS) is 33.4. The van der Waals surface area contributed by atoms with Crippen molar-refractivity contribution < 1.29 is 0 Å². The van der Waals surface area contributed by atoms with E-state index in [1.165, 1.54) is 111 Å². The highest BCUT2D eigenvalue weighted by Gasteiger charge is 2.53. The van der Waals surface area contributed by atoms with Crippen LogP contribution in [0.2, 0.25) is 0 Å². The molecule has 0 radical (unpaired) electrons. The third kappa shape index (κ3) is 9.29. The molecule has 0 aromatic heterocycles. The Balaban J connectivity index is 0.000000250. The average molecular weight is 1000 g/mol. The van der Waals surface area contributed by atoms with E-state index >= 15 is 0 Å². The Morgan fingerprint density at radius 1 is 0.149 bits per heavy atom. The molecule has 3 aliphatic carbocycles. The van der Waals surface area contributed by atoms with Crippen molar-refractivity contribution in [2.24, 2.45) is 94.7 Å². The standard InChI is InChI=1S/C42H66.C32H48/c1-19-21(3)25(7)37(26(8)22(19)4)39-29(11)33(15)41(34(16)30(39)12)42-35(17)31(13)40(32(14)36(42)18)38-27(9)23(5)20(2)24(6)28(38)10;1-15-17(3)21(7)29(22(8)18(15)4)31-25(11)27(13)32(28(14)26(31)12)30-23(9)19(5)16(2)20(6)24(30)10/h19,21-22,25-26,29-30,33-34,37,39,41H,1-18H3;15,17-18,21-22,29H,1-14H3. The molecule has 74 heavy (non-hydrogen) atoms. The first-order chi connectivity index (χ1) is 34.1. The molecule has 4 aromatic carbocycles. The predicted octanol–water partition coefficient (Wildman–Crippen LogP) is 21.6. The van der Waals surface area contributed by atoms with E-state index in [4.69, 9.17) is 0 Å². The largest absolute Gasteiger partial charge is 0.0620 e. The molecule has 12 unspecified atom stereocenters. The zero-order valence-electron chi connectivity index (χ0n) is 54.4. The maximum Gasteiger partial charge on any atom is -0.00998 e. The second-order valence-corrected chi connectivity index (χ2v) is 27.8. The summed E-state index contributed by atoms with van der Waals surface area (Å²) in [5.74, 6) is 13.5. The zero-order chi connectivity index (χ0) is 56.2. The van der Waals surface area contributed by atoms with Gasteiger partial charge in [0.25, 0.3) is 0 Å². The van der Waals surface area contributed by atoms with E-state index in [0.29, 0.717) is 35.5 Å². The van der Waals surface area contributed by atoms with Gasteiger partial charge in [-0.2, -0.15) is 0 Å². The summed E-state index contributed by atoms with van der Waals surface area (Å²) in [6.07, 6.45) is 0. The molecule has 0 N–H and O–H groups in total. The molecule has 7 rings (SSSR count). The van der Waals surface area contributed by atoms with Gasteiger partial charge in [0, 0.05) is 0 Å². The van der Waals surface area contributed by atoms with E-state index in [2.05, 4.69) is 222 Å². The van der Waals surface area contributed by atoms with Crippen LogP contribution in [0.5, 0.6) is 0 Å². The molecular formula is C74H114. The minimum atomic E-state index is 0.615. The van der Waals surface area contributed by atoms with Gasteiger partial charge in [-0.15, -0.1) is 0 Å². The summed E-state index contributed by atoms with van der Waals surface area (Å²) in [6, 6.07) is 0. The van der Waals surface area contributed by atoms with Crippen LogP contribution >= 0.6 is 0 Å². The molecule has 0 heteroatoms. The highest BCUT2D eigenvalue weighted by atomic mass is 14.6. The number of hydrogen-bond donors (Lipinski definition) is 0. The summed E-state index contributed by atoms with van der Waals surface area (Å²) in [7, 11) is 0. The first kappa shape index (κ1) is 60.1. The van der Waals surface area contributed by atoms with Crippen LogP contribution in [0.1, 0.15) is 220 Å². The van der Waals surface area contributed by atoms with Crippen LogP contribution in [0.4, 0.5) is 0 Å². The van der Waals surface area contributed by atoms with Crippen molar-refractivity contribution >= 4 is 0 Å². The fourth-order valence-corrected chi connectivity index (χ4v) is 18.1. The third-order valence-electron chi connectivity index (χ3n) is 26.0. The fraction of sp³-hybridized carbons (Fsp3) is 0.676. The lowest BCUT2D eigenvalue weighted by Gasteiger charge is -2.58. The van der Waals surface area contributed by atoms with Crippen molar-refractivity contribution in [1.29, 1.82) is 0 Å². The van der Waals surface area contributed by atoms with Gasteiger partial charge in [-0.25, -0.2) is 0 Å². The van der Waals surface area contributed by atoms with Crippen LogP contribution in [-0.4, -0.2) is 0 Å². The molecular weight excluding hydrogens is 889 g/mol. The second-order valence-electron chi connectivity index (χ2n) is 27.8. The fourth-order valence-electron chi connectivity index (χ4n) is 18.1. The first-order valence-electron chi connectivity index (χ1n) is 30.5. The number of rotatable bonds is 5. The molecule has 0 nitrogen and oxygen atoms in total. The van der Waals surface area contributed by atoms with Gasteiger partial charge in [0.1, 0.15) is 0 Å². The molecule has 3 saturated carbocycles. The second kappa shape index (κ2) is 22.0. The first-order valence-corrected chi connectivity index (χ1v) is 30.5. The molecule has 0 aliphatic heterocycles. The van der Waals surface area contributed by atoms with Crippen molar-refractivity contribution in [3.63, 3.8) is 0 Å². The van der Waals surface area contributed by atoms with Gasteiger partial charge in [-0.05, 0) is 365 Å². The highest BCUT2D eigenvalue weighted by molar-refractivity contribution is 5.83. The van der Waals surface area contributed by atoms with E-state index in [-0.39, 0.29) is 0 Å². The van der Waals surface area contributed by atoms with Crippen molar-refractivity contribution in [2.45, 2.75) is 233 Å². The topological polar surface area (TPSA) is 0 Å². The van der Waals surface area contributed by atoms with E-state index in [1.807, 2.05) is 0 Å². The lowest BCUT2D eigenvalue weighted by molar-refractivity contribution is -0.0824. The summed E-state index contributed by atoms with van der Waals surface area (Å²) >= 11 is 0. The van der Waals surface area contributed by atoms with Gasteiger partial charge in [-0.1, -0.05) is 96.9 Å². The van der Waals surface area contributed by atoms with Crippen molar-refractivity contribution in [3.05, 3.63) is 111 Å². The molecule has 0 amide bonds. The molecule has 0 heterocycles. The average Bonchev–Trinajstić information content (AvgIpc) is 3.37. The Labute approximate surface area is 459 Å². The molecule has 4 aromatic rings. The summed E-state index contributed by atoms with van der Waals surface area (Å²) in [4.78, 5) is 0. The van der Waals surface area contributed by atoms with Gasteiger partial charge >= 0.3 is 0 Å². The van der Waals surface area contributed by atoms with Gasteiger partial charge in [0.15, 0.2) is 0 Å². The Hall–Kier alpha value is -3.12. The summed E-state index contributed by atoms with van der Waals surface area (Å²) in [6.45, 7) is 78.4. The Bertz CT molecular complexity index is 2600. The Morgan fingerprint density at radius 2 is 0.284 bits per heavy atom. The third-order valence-corrected chi connectivity index (χ3v) is 26.0. The van der Waals surface area contributed by atoms with E-state index in [9.17, 15) is 0 Å². The minimum Gasteiger partial charge on any atom is -0.0620 e. The van der Waals surface area contributed by atoms with Gasteiger partial charge < -0.3 is 0 Å². The monoisotopic (exact) mass is 1000 g/mol. The molecule has 3 fully saturated rings. The van der Waals surface area contributed by atoms with Crippen molar-refractivity contribution in [3.8, 4) is 22.3 Å².